The molecule has 1 heterocycles. The molecule has 0 aliphatic heterocycles. The van der Waals surface area contributed by atoms with Crippen molar-refractivity contribution in [2.45, 2.75) is 109 Å². The first-order chi connectivity index (χ1) is 20.0. The summed E-state index contributed by atoms with van der Waals surface area (Å²) in [5.41, 5.74) is 21.6. The van der Waals surface area contributed by atoms with Crippen LogP contribution in [-0.2, 0) is 28.8 Å². The molecule has 1 atom stereocenters. The average Bonchev–Trinajstić information content (AvgIpc) is 3.48. The second-order valence-electron chi connectivity index (χ2n) is 13.0. The van der Waals surface area contributed by atoms with E-state index in [1.807, 2.05) is 0 Å². The van der Waals surface area contributed by atoms with Gasteiger partial charge in [0, 0.05) is 29.4 Å². The number of rotatable bonds is 10. The Labute approximate surface area is 246 Å². The number of carbonyl (C=O) groups is 3. The van der Waals surface area contributed by atoms with E-state index in [-0.39, 0.29) is 28.9 Å². The van der Waals surface area contributed by atoms with Gasteiger partial charge in [0.15, 0.2) is 5.78 Å². The monoisotopic (exact) mass is 581 g/mol. The number of Topliss-reactive ketones (excluding diaryl/α,β-unsaturated/α-hetero) is 1. The number of ketones is 1. The summed E-state index contributed by atoms with van der Waals surface area (Å²) in [7, 11) is 0. The largest absolute Gasteiger partial charge is 0.461 e. The molecule has 1 saturated carbocycles. The molecule has 1 aromatic carbocycles. The first-order valence-corrected chi connectivity index (χ1v) is 15.3. The fraction of sp³-hybridized carbons (Fsp3) is 0.594. The van der Waals surface area contributed by atoms with Crippen LogP contribution in [0.3, 0.4) is 0 Å². The number of esters is 1. The zero-order valence-corrected chi connectivity index (χ0v) is 24.8. The van der Waals surface area contributed by atoms with Gasteiger partial charge in [-0.25, -0.2) is 4.39 Å². The van der Waals surface area contributed by atoms with Crippen molar-refractivity contribution < 1.29 is 23.5 Å². The molecule has 3 aliphatic carbocycles. The first kappa shape index (κ1) is 30.2. The Hall–Kier alpha value is -3.24. The zero-order valence-electron chi connectivity index (χ0n) is 24.8. The number of primary amides is 1. The van der Waals surface area contributed by atoms with Gasteiger partial charge in [0.05, 0.1) is 16.9 Å². The van der Waals surface area contributed by atoms with Crippen LogP contribution in [0.25, 0.3) is 5.69 Å². The molecule has 1 amide bonds. The maximum atomic E-state index is 15.6. The van der Waals surface area contributed by atoms with Crippen molar-refractivity contribution in [1.82, 2.24) is 4.57 Å². The Kier molecular flexibility index (Phi) is 8.76. The van der Waals surface area contributed by atoms with E-state index in [0.29, 0.717) is 62.9 Å². The van der Waals surface area contributed by atoms with Gasteiger partial charge in [-0.05, 0) is 93.9 Å². The Morgan fingerprint density at radius 1 is 1.12 bits per heavy atom. The molecule has 3 aliphatic rings. The smallest absolute Gasteiger partial charge is 0.323 e. The van der Waals surface area contributed by atoms with Gasteiger partial charge in [-0.1, -0.05) is 20.3 Å². The molecule has 5 rings (SSSR count). The summed E-state index contributed by atoms with van der Waals surface area (Å²) in [6.45, 7) is 4.74. The van der Waals surface area contributed by atoms with Crippen molar-refractivity contribution >= 4 is 23.3 Å². The summed E-state index contributed by atoms with van der Waals surface area (Å²) in [6.07, 6.45) is 8.33. The minimum atomic E-state index is -0.844. The van der Waals surface area contributed by atoms with Gasteiger partial charge in [-0.3, -0.25) is 14.4 Å². The molecule has 2 aromatic rings. The predicted molar refractivity (Wildman–Crippen MR) is 159 cm³/mol. The van der Waals surface area contributed by atoms with Gasteiger partial charge >= 0.3 is 5.97 Å². The molecule has 228 valence electrons. The summed E-state index contributed by atoms with van der Waals surface area (Å²) < 4.78 is 23.3. The SMILES string of the molecule is CC1(C)CC(=O)c2c3c(n(-c4cc(F)c(C(N)=O)c(NC5CCC(OC(=O)[C@@H](N)CCCCN)CC5)c4)c2C1)CCC3. The van der Waals surface area contributed by atoms with Gasteiger partial charge in [0.2, 0.25) is 0 Å². The summed E-state index contributed by atoms with van der Waals surface area (Å²) in [4.78, 5) is 38.0. The van der Waals surface area contributed by atoms with Gasteiger partial charge in [-0.15, -0.1) is 0 Å². The Morgan fingerprint density at radius 3 is 2.55 bits per heavy atom. The molecule has 0 unspecified atom stereocenters. The van der Waals surface area contributed by atoms with Crippen molar-refractivity contribution in [3.05, 3.63) is 46.0 Å². The lowest BCUT2D eigenvalue weighted by Crippen LogP contribution is -2.37. The van der Waals surface area contributed by atoms with Crippen LogP contribution < -0.4 is 22.5 Å². The van der Waals surface area contributed by atoms with E-state index in [1.54, 1.807) is 6.07 Å². The van der Waals surface area contributed by atoms with Crippen LogP contribution in [0.15, 0.2) is 12.1 Å². The van der Waals surface area contributed by atoms with Gasteiger partial charge in [0.1, 0.15) is 18.0 Å². The number of aromatic nitrogens is 1. The second kappa shape index (κ2) is 12.2. The lowest BCUT2D eigenvalue weighted by atomic mass is 9.75. The normalized spacial score (nSPS) is 21.9. The predicted octanol–water partition coefficient (Wildman–Crippen LogP) is 4.08. The summed E-state index contributed by atoms with van der Waals surface area (Å²) in [6, 6.07) is 2.44. The van der Waals surface area contributed by atoms with Crippen LogP contribution in [0.2, 0.25) is 0 Å². The van der Waals surface area contributed by atoms with Gasteiger partial charge in [-0.2, -0.15) is 0 Å². The number of hydrogen-bond donors (Lipinski definition) is 4. The van der Waals surface area contributed by atoms with E-state index in [9.17, 15) is 14.4 Å². The highest BCUT2D eigenvalue weighted by Crippen LogP contribution is 2.43. The number of carbonyl (C=O) groups excluding carboxylic acids is 3. The Balaban J connectivity index is 1.36. The van der Waals surface area contributed by atoms with Crippen molar-refractivity contribution in [1.29, 1.82) is 0 Å². The minimum Gasteiger partial charge on any atom is -0.461 e. The lowest BCUT2D eigenvalue weighted by Gasteiger charge is -2.31. The van der Waals surface area contributed by atoms with E-state index in [4.69, 9.17) is 21.9 Å². The standard InChI is InChI=1S/C32H44FN5O4/c1-32(2)16-26-28(27(39)17-32)21-6-5-8-25(21)38(26)19-14-22(33)29(30(36)40)24(15-19)37-18-9-11-20(12-10-18)42-31(41)23(35)7-3-4-13-34/h14-15,18,20,23,37H,3-13,16-17,34-35H2,1-2H3,(H2,36,40)/t18?,20?,23-/m0/s1. The topological polar surface area (TPSA) is 155 Å². The second-order valence-corrected chi connectivity index (χ2v) is 13.0. The number of ether oxygens (including phenoxy) is 1. The molecule has 42 heavy (non-hydrogen) atoms. The number of nitrogens with one attached hydrogen (secondary N) is 1. The average molecular weight is 582 g/mol. The van der Waals surface area contributed by atoms with E-state index in [0.717, 1.165) is 54.6 Å². The number of nitrogens with zero attached hydrogens (tertiary/aromatic N) is 1. The zero-order chi connectivity index (χ0) is 30.2. The number of nitrogens with two attached hydrogens (primary N) is 3. The maximum absolute atomic E-state index is 15.6. The van der Waals surface area contributed by atoms with Gasteiger partial charge < -0.3 is 31.8 Å². The Morgan fingerprint density at radius 2 is 1.86 bits per heavy atom. The molecule has 0 bridgehead atoms. The number of unbranched alkanes of at least 4 members (excludes halogenated alkanes) is 1. The molecule has 9 nitrogen and oxygen atoms in total. The van der Waals surface area contributed by atoms with Gasteiger partial charge in [0.25, 0.3) is 5.91 Å². The fourth-order valence-electron chi connectivity index (χ4n) is 7.05. The number of amides is 1. The molecule has 10 heteroatoms. The molecule has 1 aromatic heterocycles. The molecule has 0 saturated heterocycles. The third-order valence-corrected chi connectivity index (χ3v) is 9.05. The van der Waals surface area contributed by atoms with Crippen LogP contribution in [-0.4, -0.2) is 47.0 Å². The molecule has 0 spiro atoms. The highest BCUT2D eigenvalue weighted by Gasteiger charge is 2.39. The third kappa shape index (κ3) is 6.10. The number of hydrogen-bond acceptors (Lipinski definition) is 7. The van der Waals surface area contributed by atoms with Crippen LogP contribution >= 0.6 is 0 Å². The molecule has 7 N–H and O–H groups in total. The third-order valence-electron chi connectivity index (χ3n) is 9.05. The van der Waals surface area contributed by atoms with Crippen molar-refractivity contribution in [2.24, 2.45) is 22.6 Å². The van der Waals surface area contributed by atoms with E-state index >= 15 is 4.39 Å². The molecular weight excluding hydrogens is 537 g/mol. The van der Waals surface area contributed by atoms with E-state index in [2.05, 4.69) is 23.7 Å². The van der Waals surface area contributed by atoms with Crippen molar-refractivity contribution in [2.75, 3.05) is 11.9 Å². The van der Waals surface area contributed by atoms with Crippen LogP contribution in [0.1, 0.15) is 109 Å². The maximum Gasteiger partial charge on any atom is 0.323 e. The minimum absolute atomic E-state index is 0.0595. The fourth-order valence-corrected chi connectivity index (χ4v) is 7.05. The summed E-state index contributed by atoms with van der Waals surface area (Å²) in [5, 5.41) is 3.38. The number of anilines is 1. The van der Waals surface area contributed by atoms with Crippen LogP contribution in [0.5, 0.6) is 0 Å². The molecular formula is C32H44FN5O4. The quantitative estimate of drug-likeness (QED) is 0.243. The number of halogens is 1. The summed E-state index contributed by atoms with van der Waals surface area (Å²) >= 11 is 0. The molecule has 1 fully saturated rings. The number of fused-ring (bicyclic) bond motifs is 3. The summed E-state index contributed by atoms with van der Waals surface area (Å²) in [5.74, 6) is -1.77. The molecule has 0 radical (unpaired) electrons. The number of benzene rings is 1. The Bertz CT molecular complexity index is 1380. The van der Waals surface area contributed by atoms with Crippen molar-refractivity contribution in [3.63, 3.8) is 0 Å². The highest BCUT2D eigenvalue weighted by molar-refractivity contribution is 6.01. The van der Waals surface area contributed by atoms with Crippen LogP contribution in [0, 0.1) is 11.2 Å². The lowest BCUT2D eigenvalue weighted by molar-refractivity contribution is -0.152. The van der Waals surface area contributed by atoms with Crippen LogP contribution in [0.4, 0.5) is 10.1 Å². The highest BCUT2D eigenvalue weighted by atomic mass is 19.1. The first-order valence-electron chi connectivity index (χ1n) is 15.3. The van der Waals surface area contributed by atoms with Crippen molar-refractivity contribution in [3.8, 4) is 5.69 Å². The van der Waals surface area contributed by atoms with E-state index < -0.39 is 23.7 Å². The van der Waals surface area contributed by atoms with E-state index in [1.165, 1.54) is 6.07 Å².